The standard InChI is InChI=1S/C17H16BrN3O5/c1-10-7-12(4-5-13(10)18)20-16(22)9-19-17(23)11-3-6-15(26-2)14(8-11)21(24)25/h3-8H,9H2,1-2H3,(H,19,23)(H,20,22). The fourth-order valence-electron chi connectivity index (χ4n) is 2.16. The zero-order valence-corrected chi connectivity index (χ0v) is 15.6. The van der Waals surface area contributed by atoms with E-state index in [0.717, 1.165) is 16.1 Å². The van der Waals surface area contributed by atoms with Gasteiger partial charge in [0.25, 0.3) is 5.91 Å². The number of hydrogen-bond acceptors (Lipinski definition) is 5. The van der Waals surface area contributed by atoms with E-state index < -0.39 is 16.7 Å². The zero-order chi connectivity index (χ0) is 19.3. The van der Waals surface area contributed by atoms with E-state index in [4.69, 9.17) is 4.74 Å². The third-order valence-electron chi connectivity index (χ3n) is 3.49. The topological polar surface area (TPSA) is 111 Å². The Morgan fingerprint density at radius 3 is 2.58 bits per heavy atom. The van der Waals surface area contributed by atoms with Crippen molar-refractivity contribution >= 4 is 39.1 Å². The van der Waals surface area contributed by atoms with Crippen LogP contribution in [0.5, 0.6) is 5.75 Å². The highest BCUT2D eigenvalue weighted by Crippen LogP contribution is 2.27. The van der Waals surface area contributed by atoms with Crippen LogP contribution in [-0.4, -0.2) is 30.4 Å². The first-order valence-electron chi connectivity index (χ1n) is 7.48. The van der Waals surface area contributed by atoms with Crippen LogP contribution in [0.3, 0.4) is 0 Å². The SMILES string of the molecule is COc1ccc(C(=O)NCC(=O)Nc2ccc(Br)c(C)c2)cc1[N+](=O)[O-]. The van der Waals surface area contributed by atoms with Crippen LogP contribution >= 0.6 is 15.9 Å². The summed E-state index contributed by atoms with van der Waals surface area (Å²) in [4.78, 5) is 34.4. The number of anilines is 1. The lowest BCUT2D eigenvalue weighted by molar-refractivity contribution is -0.385. The third kappa shape index (κ3) is 4.79. The molecule has 2 amide bonds. The van der Waals surface area contributed by atoms with Crippen LogP contribution in [0.4, 0.5) is 11.4 Å². The average Bonchev–Trinajstić information content (AvgIpc) is 2.62. The molecule has 0 aliphatic rings. The van der Waals surface area contributed by atoms with Crippen LogP contribution in [0, 0.1) is 17.0 Å². The number of nitro benzene ring substituents is 1. The number of nitro groups is 1. The first kappa shape index (κ1) is 19.4. The second-order valence-electron chi connectivity index (χ2n) is 5.34. The number of nitrogens with one attached hydrogen (secondary N) is 2. The summed E-state index contributed by atoms with van der Waals surface area (Å²) in [6, 6.07) is 9.14. The van der Waals surface area contributed by atoms with Gasteiger partial charge in [-0.05, 0) is 42.8 Å². The number of amides is 2. The first-order valence-corrected chi connectivity index (χ1v) is 8.27. The van der Waals surface area contributed by atoms with Crippen molar-refractivity contribution in [2.24, 2.45) is 0 Å². The number of aryl methyl sites for hydroxylation is 1. The molecule has 0 bridgehead atoms. The predicted molar refractivity (Wildman–Crippen MR) is 99.5 cm³/mol. The van der Waals surface area contributed by atoms with E-state index >= 15 is 0 Å². The van der Waals surface area contributed by atoms with E-state index in [0.29, 0.717) is 5.69 Å². The molecule has 0 unspecified atom stereocenters. The Balaban J connectivity index is 1.99. The summed E-state index contributed by atoms with van der Waals surface area (Å²) >= 11 is 3.37. The lowest BCUT2D eigenvalue weighted by Crippen LogP contribution is -2.32. The van der Waals surface area contributed by atoms with Crippen molar-refractivity contribution in [1.82, 2.24) is 5.32 Å². The number of hydrogen-bond donors (Lipinski definition) is 2. The van der Waals surface area contributed by atoms with Gasteiger partial charge in [-0.25, -0.2) is 0 Å². The quantitative estimate of drug-likeness (QED) is 0.549. The van der Waals surface area contributed by atoms with Crippen molar-refractivity contribution in [2.45, 2.75) is 6.92 Å². The van der Waals surface area contributed by atoms with Crippen molar-refractivity contribution in [3.63, 3.8) is 0 Å². The van der Waals surface area contributed by atoms with Crippen molar-refractivity contribution in [3.05, 3.63) is 62.1 Å². The van der Waals surface area contributed by atoms with Gasteiger partial charge in [0.05, 0.1) is 18.6 Å². The molecule has 0 aromatic heterocycles. The van der Waals surface area contributed by atoms with Gasteiger partial charge in [-0.15, -0.1) is 0 Å². The molecule has 9 heteroatoms. The Morgan fingerprint density at radius 1 is 1.23 bits per heavy atom. The van der Waals surface area contributed by atoms with Crippen molar-refractivity contribution in [2.75, 3.05) is 19.0 Å². The molecule has 2 rings (SSSR count). The maximum atomic E-state index is 12.1. The second kappa shape index (κ2) is 8.43. The van der Waals surface area contributed by atoms with Crippen LogP contribution in [0.25, 0.3) is 0 Å². The zero-order valence-electron chi connectivity index (χ0n) is 14.0. The van der Waals surface area contributed by atoms with Gasteiger partial charge in [0.2, 0.25) is 5.91 Å². The fourth-order valence-corrected chi connectivity index (χ4v) is 2.41. The Kier molecular flexibility index (Phi) is 6.29. The molecule has 0 atom stereocenters. The lowest BCUT2D eigenvalue weighted by atomic mass is 10.1. The van der Waals surface area contributed by atoms with Gasteiger partial charge in [-0.3, -0.25) is 19.7 Å². The molecule has 136 valence electrons. The maximum absolute atomic E-state index is 12.1. The average molecular weight is 422 g/mol. The van der Waals surface area contributed by atoms with Crippen LogP contribution in [0.2, 0.25) is 0 Å². The Morgan fingerprint density at radius 2 is 1.96 bits per heavy atom. The van der Waals surface area contributed by atoms with Crippen LogP contribution in [0.15, 0.2) is 40.9 Å². The Bertz CT molecular complexity index is 869. The number of rotatable bonds is 6. The summed E-state index contributed by atoms with van der Waals surface area (Å²) in [6.07, 6.45) is 0. The normalized spacial score (nSPS) is 10.1. The van der Waals surface area contributed by atoms with Gasteiger partial charge in [0.15, 0.2) is 5.75 Å². The van der Waals surface area contributed by atoms with Gasteiger partial charge in [-0.2, -0.15) is 0 Å². The number of nitrogens with zero attached hydrogens (tertiary/aromatic N) is 1. The minimum atomic E-state index is -0.641. The molecule has 0 heterocycles. The van der Waals surface area contributed by atoms with Crippen LogP contribution in [-0.2, 0) is 4.79 Å². The number of ether oxygens (including phenoxy) is 1. The smallest absolute Gasteiger partial charge is 0.311 e. The molecule has 0 radical (unpaired) electrons. The molecule has 0 saturated heterocycles. The lowest BCUT2D eigenvalue weighted by Gasteiger charge is -2.09. The Labute approximate surface area is 157 Å². The predicted octanol–water partition coefficient (Wildman–Crippen LogP) is 3.04. The van der Waals surface area contributed by atoms with Crippen LogP contribution < -0.4 is 15.4 Å². The van der Waals surface area contributed by atoms with Crippen molar-refractivity contribution < 1.29 is 19.2 Å². The van der Waals surface area contributed by atoms with Crippen molar-refractivity contribution in [1.29, 1.82) is 0 Å². The van der Waals surface area contributed by atoms with E-state index in [1.165, 1.54) is 19.2 Å². The molecule has 0 fully saturated rings. The van der Waals surface area contributed by atoms with Gasteiger partial charge in [0.1, 0.15) is 0 Å². The number of carbonyl (C=O) groups excluding carboxylic acids is 2. The fraction of sp³-hybridized carbons (Fsp3) is 0.176. The molecular weight excluding hydrogens is 406 g/mol. The number of carbonyl (C=O) groups is 2. The number of halogens is 1. The highest BCUT2D eigenvalue weighted by molar-refractivity contribution is 9.10. The number of methoxy groups -OCH3 is 1. The minimum Gasteiger partial charge on any atom is -0.490 e. The summed E-state index contributed by atoms with van der Waals surface area (Å²) in [7, 11) is 1.30. The largest absolute Gasteiger partial charge is 0.490 e. The van der Waals surface area contributed by atoms with E-state index in [1.807, 2.05) is 6.92 Å². The highest BCUT2D eigenvalue weighted by Gasteiger charge is 2.18. The third-order valence-corrected chi connectivity index (χ3v) is 4.38. The second-order valence-corrected chi connectivity index (χ2v) is 6.19. The molecule has 0 aliphatic carbocycles. The van der Waals surface area contributed by atoms with Crippen LogP contribution in [0.1, 0.15) is 15.9 Å². The molecule has 0 spiro atoms. The first-order chi connectivity index (χ1) is 12.3. The molecule has 0 saturated carbocycles. The Hall–Kier alpha value is -2.94. The number of benzene rings is 2. The van der Waals surface area contributed by atoms with Gasteiger partial charge < -0.3 is 15.4 Å². The van der Waals surface area contributed by atoms with E-state index in [1.54, 1.807) is 18.2 Å². The molecule has 2 aromatic rings. The molecule has 2 N–H and O–H groups in total. The summed E-state index contributed by atoms with van der Waals surface area (Å²) in [6.45, 7) is 1.62. The van der Waals surface area contributed by atoms with Crippen molar-refractivity contribution in [3.8, 4) is 5.75 Å². The summed E-state index contributed by atoms with van der Waals surface area (Å²) in [5, 5.41) is 16.1. The van der Waals surface area contributed by atoms with Gasteiger partial charge in [0, 0.05) is 21.8 Å². The van der Waals surface area contributed by atoms with E-state index in [-0.39, 0.29) is 23.5 Å². The molecule has 0 aliphatic heterocycles. The summed E-state index contributed by atoms with van der Waals surface area (Å²) in [5.74, 6) is -0.962. The van der Waals surface area contributed by atoms with Gasteiger partial charge >= 0.3 is 5.69 Å². The maximum Gasteiger partial charge on any atom is 0.311 e. The molecule has 26 heavy (non-hydrogen) atoms. The van der Waals surface area contributed by atoms with E-state index in [9.17, 15) is 19.7 Å². The molecule has 2 aromatic carbocycles. The molecular formula is C17H16BrN3O5. The highest BCUT2D eigenvalue weighted by atomic mass is 79.9. The van der Waals surface area contributed by atoms with Gasteiger partial charge in [-0.1, -0.05) is 15.9 Å². The minimum absolute atomic E-state index is 0.0508. The summed E-state index contributed by atoms with van der Waals surface area (Å²) < 4.78 is 5.80. The van der Waals surface area contributed by atoms with E-state index in [2.05, 4.69) is 26.6 Å². The molecule has 8 nitrogen and oxygen atoms in total. The monoisotopic (exact) mass is 421 g/mol. The summed E-state index contributed by atoms with van der Waals surface area (Å²) in [5.41, 5.74) is 1.29.